The molecule has 18 heavy (non-hydrogen) atoms. The van der Waals surface area contributed by atoms with Crippen LogP contribution in [0.4, 0.5) is 0 Å². The molecule has 0 radical (unpaired) electrons. The monoisotopic (exact) mass is 241 g/mol. The summed E-state index contributed by atoms with van der Waals surface area (Å²) in [5.41, 5.74) is 1.27. The second-order valence-electron chi connectivity index (χ2n) is 3.53. The maximum atomic E-state index is 8.61. The van der Waals surface area contributed by atoms with E-state index in [1.165, 1.54) is 12.4 Å². The van der Waals surface area contributed by atoms with Crippen LogP contribution < -0.4 is 4.74 Å². The highest BCUT2D eigenvalue weighted by molar-refractivity contribution is 5.31. The molecule has 0 aliphatic rings. The van der Waals surface area contributed by atoms with Gasteiger partial charge >= 0.3 is 0 Å². The smallest absolute Gasteiger partial charge is 0.237 e. The second kappa shape index (κ2) is 5.75. The molecule has 5 nitrogen and oxygen atoms in total. The molecule has 0 aliphatic heterocycles. The minimum Gasteiger partial charge on any atom is -0.437 e. The number of aromatic nitrogens is 2. The zero-order valence-electron chi connectivity index (χ0n) is 9.83. The number of hydrogen-bond donors (Lipinski definition) is 0. The molecule has 0 unspecified atom stereocenters. The summed E-state index contributed by atoms with van der Waals surface area (Å²) in [6.45, 7) is 0.524. The average Bonchev–Trinajstić information content (AvgIpc) is 2.40. The highest BCUT2D eigenvalue weighted by Crippen LogP contribution is 2.20. The summed E-state index contributed by atoms with van der Waals surface area (Å²) < 4.78 is 10.6. The fraction of sp³-hybridized carbons (Fsp3) is 0.154. The number of methoxy groups -OCH3 is 1. The largest absolute Gasteiger partial charge is 0.437 e. The van der Waals surface area contributed by atoms with Gasteiger partial charge in [0, 0.05) is 7.11 Å². The van der Waals surface area contributed by atoms with Crippen molar-refractivity contribution >= 4 is 0 Å². The lowest BCUT2D eigenvalue weighted by atomic mass is 10.2. The molecule has 0 atom stereocenters. The number of nitriles is 1. The predicted octanol–water partition coefficient (Wildman–Crippen LogP) is 2.29. The van der Waals surface area contributed by atoms with Crippen molar-refractivity contribution in [3.05, 3.63) is 47.9 Å². The Kier molecular flexibility index (Phi) is 3.84. The molecule has 0 aliphatic carbocycles. The molecule has 0 saturated heterocycles. The first-order valence-corrected chi connectivity index (χ1v) is 5.29. The highest BCUT2D eigenvalue weighted by atomic mass is 16.5. The molecule has 1 aromatic carbocycles. The van der Waals surface area contributed by atoms with E-state index >= 15 is 0 Å². The normalized spacial score (nSPS) is 9.78. The molecule has 0 amide bonds. The Hall–Kier alpha value is -2.45. The lowest BCUT2D eigenvalue weighted by Crippen LogP contribution is -1.92. The highest BCUT2D eigenvalue weighted by Gasteiger charge is 2.01. The lowest BCUT2D eigenvalue weighted by molar-refractivity contribution is 0.184. The van der Waals surface area contributed by atoms with Crippen LogP contribution in [0.1, 0.15) is 11.3 Å². The van der Waals surface area contributed by atoms with Gasteiger partial charge in [-0.1, -0.05) is 12.1 Å². The first-order valence-electron chi connectivity index (χ1n) is 5.29. The zero-order valence-corrected chi connectivity index (χ0v) is 9.83. The van der Waals surface area contributed by atoms with Crippen molar-refractivity contribution in [2.24, 2.45) is 0 Å². The molecule has 90 valence electrons. The number of ether oxygens (including phenoxy) is 2. The first-order chi connectivity index (χ1) is 8.81. The minimum absolute atomic E-state index is 0.260. The minimum atomic E-state index is 0.260. The van der Waals surface area contributed by atoms with Crippen LogP contribution in [0.2, 0.25) is 0 Å². The van der Waals surface area contributed by atoms with Crippen molar-refractivity contribution < 1.29 is 9.47 Å². The molecule has 0 N–H and O–H groups in total. The van der Waals surface area contributed by atoms with Crippen molar-refractivity contribution in [3.63, 3.8) is 0 Å². The third kappa shape index (κ3) is 3.03. The Morgan fingerprint density at radius 1 is 1.28 bits per heavy atom. The van der Waals surface area contributed by atoms with Crippen LogP contribution >= 0.6 is 0 Å². The fourth-order valence-corrected chi connectivity index (χ4v) is 1.41. The molecule has 0 saturated carbocycles. The molecule has 0 fully saturated rings. The Morgan fingerprint density at radius 2 is 2.17 bits per heavy atom. The van der Waals surface area contributed by atoms with Crippen molar-refractivity contribution in [2.75, 3.05) is 7.11 Å². The van der Waals surface area contributed by atoms with E-state index in [1.54, 1.807) is 7.11 Å². The maximum absolute atomic E-state index is 8.61. The van der Waals surface area contributed by atoms with Gasteiger partial charge in [0.25, 0.3) is 0 Å². The number of nitrogens with zero attached hydrogens (tertiary/aromatic N) is 3. The van der Waals surface area contributed by atoms with Gasteiger partial charge in [-0.25, -0.2) is 9.97 Å². The van der Waals surface area contributed by atoms with E-state index in [1.807, 2.05) is 30.3 Å². The lowest BCUT2D eigenvalue weighted by Gasteiger charge is -2.06. The van der Waals surface area contributed by atoms with Gasteiger partial charge in [-0.3, -0.25) is 0 Å². The van der Waals surface area contributed by atoms with Crippen LogP contribution in [0.5, 0.6) is 11.6 Å². The van der Waals surface area contributed by atoms with Crippen molar-refractivity contribution in [3.8, 4) is 17.7 Å². The third-order valence-electron chi connectivity index (χ3n) is 2.17. The van der Waals surface area contributed by atoms with Gasteiger partial charge in [-0.15, -0.1) is 0 Å². The molecule has 5 heteroatoms. The molecule has 0 bridgehead atoms. The molecule has 1 aromatic heterocycles. The van der Waals surface area contributed by atoms with E-state index in [9.17, 15) is 0 Å². The molecular formula is C13H11N3O2. The summed E-state index contributed by atoms with van der Waals surface area (Å²) >= 11 is 0. The SMILES string of the molecule is COCc1cccc(Oc2cnc(C#N)cn2)c1. The maximum Gasteiger partial charge on any atom is 0.237 e. The summed E-state index contributed by atoms with van der Waals surface area (Å²) in [7, 11) is 1.64. The van der Waals surface area contributed by atoms with Crippen LogP contribution in [-0.4, -0.2) is 17.1 Å². The van der Waals surface area contributed by atoms with Crippen LogP contribution in [0.15, 0.2) is 36.7 Å². The van der Waals surface area contributed by atoms with E-state index in [4.69, 9.17) is 14.7 Å². The molecule has 2 rings (SSSR count). The third-order valence-corrected chi connectivity index (χ3v) is 2.17. The number of benzene rings is 1. The summed E-state index contributed by atoms with van der Waals surface area (Å²) in [4.78, 5) is 7.86. The summed E-state index contributed by atoms with van der Waals surface area (Å²) in [5.74, 6) is 1.01. The van der Waals surface area contributed by atoms with Crippen LogP contribution in [0.25, 0.3) is 0 Å². The fourth-order valence-electron chi connectivity index (χ4n) is 1.41. The molecule has 1 heterocycles. The number of rotatable bonds is 4. The van der Waals surface area contributed by atoms with Crippen LogP contribution in [0.3, 0.4) is 0 Å². The van der Waals surface area contributed by atoms with Crippen molar-refractivity contribution in [1.82, 2.24) is 9.97 Å². The Balaban J connectivity index is 2.12. The van der Waals surface area contributed by atoms with E-state index in [2.05, 4.69) is 9.97 Å². The molecule has 0 spiro atoms. The standard InChI is InChI=1S/C13H11N3O2/c1-17-9-10-3-2-4-12(5-10)18-13-8-15-11(6-14)7-16-13/h2-5,7-8H,9H2,1H3. The summed E-state index contributed by atoms with van der Waals surface area (Å²) in [5, 5.41) is 8.61. The Morgan fingerprint density at radius 3 is 2.83 bits per heavy atom. The molecule has 2 aromatic rings. The van der Waals surface area contributed by atoms with Gasteiger partial charge in [-0.05, 0) is 17.7 Å². The van der Waals surface area contributed by atoms with Crippen LogP contribution in [-0.2, 0) is 11.3 Å². The van der Waals surface area contributed by atoms with E-state index in [0.717, 1.165) is 5.56 Å². The van der Waals surface area contributed by atoms with Gasteiger partial charge in [0.05, 0.1) is 19.0 Å². The Bertz CT molecular complexity index is 561. The van der Waals surface area contributed by atoms with Gasteiger partial charge in [0.15, 0.2) is 5.69 Å². The van der Waals surface area contributed by atoms with Gasteiger partial charge < -0.3 is 9.47 Å². The summed E-state index contributed by atoms with van der Waals surface area (Å²) in [6, 6.07) is 9.40. The zero-order chi connectivity index (χ0) is 12.8. The van der Waals surface area contributed by atoms with E-state index in [0.29, 0.717) is 18.2 Å². The van der Waals surface area contributed by atoms with Gasteiger partial charge in [-0.2, -0.15) is 5.26 Å². The van der Waals surface area contributed by atoms with Gasteiger partial charge in [0.1, 0.15) is 11.8 Å². The first kappa shape index (κ1) is 12.0. The quantitative estimate of drug-likeness (QED) is 0.821. The van der Waals surface area contributed by atoms with Crippen molar-refractivity contribution in [1.29, 1.82) is 5.26 Å². The molecular weight excluding hydrogens is 230 g/mol. The average molecular weight is 241 g/mol. The summed E-state index contributed by atoms with van der Waals surface area (Å²) in [6.07, 6.45) is 2.79. The number of hydrogen-bond acceptors (Lipinski definition) is 5. The topological polar surface area (TPSA) is 68.0 Å². The predicted molar refractivity (Wildman–Crippen MR) is 64.0 cm³/mol. The van der Waals surface area contributed by atoms with Crippen molar-refractivity contribution in [2.45, 2.75) is 6.61 Å². The van der Waals surface area contributed by atoms with Crippen LogP contribution in [0, 0.1) is 11.3 Å². The van der Waals surface area contributed by atoms with Gasteiger partial charge in [0.2, 0.25) is 5.88 Å². The van der Waals surface area contributed by atoms with E-state index in [-0.39, 0.29) is 5.69 Å². The van der Waals surface area contributed by atoms with E-state index < -0.39 is 0 Å². The second-order valence-corrected chi connectivity index (χ2v) is 3.53. The Labute approximate surface area is 105 Å².